The summed E-state index contributed by atoms with van der Waals surface area (Å²) in [4.78, 5) is 0. The average Bonchev–Trinajstić information content (AvgIpc) is 2.53. The van der Waals surface area contributed by atoms with Gasteiger partial charge in [-0.05, 0) is 12.5 Å². The van der Waals surface area contributed by atoms with E-state index in [0.717, 1.165) is 12.8 Å². The molecule has 1 aromatic rings. The highest BCUT2D eigenvalue weighted by Crippen LogP contribution is 2.38. The van der Waals surface area contributed by atoms with Crippen LogP contribution in [0.2, 0.25) is 0 Å². The third kappa shape index (κ3) is 3.59. The van der Waals surface area contributed by atoms with Gasteiger partial charge in [0.25, 0.3) is 0 Å². The van der Waals surface area contributed by atoms with Crippen molar-refractivity contribution in [2.45, 2.75) is 31.7 Å². The first-order chi connectivity index (χ1) is 10.6. The summed E-state index contributed by atoms with van der Waals surface area (Å²) in [7, 11) is 0. The van der Waals surface area contributed by atoms with Crippen molar-refractivity contribution in [1.82, 2.24) is 0 Å². The Balaban J connectivity index is 2.11. The van der Waals surface area contributed by atoms with Crippen LogP contribution < -0.4 is 5.73 Å². The Morgan fingerprint density at radius 1 is 1.50 bits per heavy atom. The number of halogens is 1. The van der Waals surface area contributed by atoms with E-state index >= 15 is 0 Å². The molecule has 1 aromatic carbocycles. The second-order valence-corrected chi connectivity index (χ2v) is 5.70. The van der Waals surface area contributed by atoms with E-state index in [-0.39, 0.29) is 24.9 Å². The van der Waals surface area contributed by atoms with Gasteiger partial charge in [-0.2, -0.15) is 0 Å². The number of ether oxygens (including phenoxy) is 2. The summed E-state index contributed by atoms with van der Waals surface area (Å²) in [6, 6.07) is 6.37. The highest BCUT2D eigenvalue weighted by atomic mass is 19.1. The smallest absolute Gasteiger partial charge is 0.131 e. The Morgan fingerprint density at radius 2 is 2.27 bits per heavy atom. The minimum Gasteiger partial charge on any atom is -0.498 e. The number of hydrogen-bond donors (Lipinski definition) is 2. The lowest BCUT2D eigenvalue weighted by molar-refractivity contribution is 0.0115. The van der Waals surface area contributed by atoms with Crippen LogP contribution >= 0.6 is 0 Å². The molecule has 2 rings (SSSR count). The van der Waals surface area contributed by atoms with Gasteiger partial charge < -0.3 is 20.3 Å². The minimum absolute atomic E-state index is 0.113. The predicted octanol–water partition coefficient (Wildman–Crippen LogP) is 2.67. The first-order valence-electron chi connectivity index (χ1n) is 7.70. The van der Waals surface area contributed by atoms with Gasteiger partial charge in [0.05, 0.1) is 12.1 Å². The summed E-state index contributed by atoms with van der Waals surface area (Å²) in [6.45, 7) is 2.70. The van der Waals surface area contributed by atoms with Gasteiger partial charge in [0.2, 0.25) is 0 Å². The number of aliphatic hydroxyl groups excluding tert-OH is 1. The molecule has 2 atom stereocenters. The molecule has 3 N–H and O–H groups in total. The van der Waals surface area contributed by atoms with Crippen molar-refractivity contribution < 1.29 is 19.0 Å². The van der Waals surface area contributed by atoms with Gasteiger partial charge in [-0.1, -0.05) is 31.5 Å². The molecule has 0 aliphatic carbocycles. The van der Waals surface area contributed by atoms with Crippen molar-refractivity contribution in [2.75, 3.05) is 19.8 Å². The second-order valence-electron chi connectivity index (χ2n) is 5.70. The van der Waals surface area contributed by atoms with Crippen molar-refractivity contribution in [3.05, 3.63) is 47.7 Å². The highest BCUT2D eigenvalue weighted by molar-refractivity contribution is 5.29. The number of rotatable bonds is 6. The lowest BCUT2D eigenvalue weighted by atomic mass is 9.76. The second kappa shape index (κ2) is 7.61. The Labute approximate surface area is 130 Å². The molecule has 0 spiro atoms. The van der Waals surface area contributed by atoms with E-state index in [1.165, 1.54) is 6.07 Å². The molecule has 1 aliphatic rings. The lowest BCUT2D eigenvalue weighted by Gasteiger charge is -2.41. The molecular weight excluding hydrogens is 285 g/mol. The molecule has 1 heterocycles. The summed E-state index contributed by atoms with van der Waals surface area (Å²) in [6.07, 6.45) is 4.04. The zero-order valence-corrected chi connectivity index (χ0v) is 12.9. The zero-order valence-electron chi connectivity index (χ0n) is 12.9. The fraction of sp³-hybridized carbons (Fsp3) is 0.529. The number of allylic oxidation sites excluding steroid dienone is 1. The third-order valence-electron chi connectivity index (χ3n) is 4.10. The largest absolute Gasteiger partial charge is 0.498 e. The quantitative estimate of drug-likeness (QED) is 0.626. The SMILES string of the molecule is CCCCO/C=C1/C[C@@H](CO)[C@](N)(c2ccccc2F)CO1. The number of hydrogen-bond acceptors (Lipinski definition) is 4. The monoisotopic (exact) mass is 309 g/mol. The van der Waals surface area contributed by atoms with Crippen molar-refractivity contribution in [2.24, 2.45) is 11.7 Å². The van der Waals surface area contributed by atoms with Crippen LogP contribution in [0.25, 0.3) is 0 Å². The van der Waals surface area contributed by atoms with Crippen molar-refractivity contribution in [3.63, 3.8) is 0 Å². The van der Waals surface area contributed by atoms with Crippen LogP contribution in [0.5, 0.6) is 0 Å². The first-order valence-corrected chi connectivity index (χ1v) is 7.70. The summed E-state index contributed by atoms with van der Waals surface area (Å²) in [5.74, 6) is -0.0505. The molecule has 0 saturated carbocycles. The Kier molecular flexibility index (Phi) is 5.80. The van der Waals surface area contributed by atoms with E-state index in [2.05, 4.69) is 6.92 Å². The van der Waals surface area contributed by atoms with Gasteiger partial charge in [0, 0.05) is 24.5 Å². The van der Waals surface area contributed by atoms with Crippen molar-refractivity contribution in [3.8, 4) is 0 Å². The number of nitrogens with two attached hydrogens (primary N) is 1. The molecular formula is C17H24FNO3. The maximum absolute atomic E-state index is 14.1. The van der Waals surface area contributed by atoms with Crippen molar-refractivity contribution >= 4 is 0 Å². The molecule has 0 unspecified atom stereocenters. The van der Waals surface area contributed by atoms with Gasteiger partial charge in [-0.3, -0.25) is 0 Å². The normalized spacial score (nSPS) is 26.7. The van der Waals surface area contributed by atoms with Crippen LogP contribution in [-0.4, -0.2) is 24.9 Å². The summed E-state index contributed by atoms with van der Waals surface area (Å²) < 4.78 is 25.1. The van der Waals surface area contributed by atoms with Crippen LogP contribution in [0.4, 0.5) is 4.39 Å². The van der Waals surface area contributed by atoms with Crippen LogP contribution in [0.15, 0.2) is 36.3 Å². The summed E-state index contributed by atoms with van der Waals surface area (Å²) in [5.41, 5.74) is 5.72. The molecule has 1 aliphatic heterocycles. The van der Waals surface area contributed by atoms with E-state index in [4.69, 9.17) is 15.2 Å². The number of unbranched alkanes of at least 4 members (excludes halogenated alkanes) is 1. The first kappa shape index (κ1) is 16.8. The molecule has 4 nitrogen and oxygen atoms in total. The van der Waals surface area contributed by atoms with Gasteiger partial charge in [0.15, 0.2) is 0 Å². The van der Waals surface area contributed by atoms with Gasteiger partial charge >= 0.3 is 0 Å². The highest BCUT2D eigenvalue weighted by Gasteiger charge is 2.43. The molecule has 0 aromatic heterocycles. The van der Waals surface area contributed by atoms with Crippen LogP contribution in [0.1, 0.15) is 31.7 Å². The lowest BCUT2D eigenvalue weighted by Crippen LogP contribution is -2.52. The van der Waals surface area contributed by atoms with Gasteiger partial charge in [-0.25, -0.2) is 4.39 Å². The molecule has 0 radical (unpaired) electrons. The average molecular weight is 309 g/mol. The van der Waals surface area contributed by atoms with Crippen LogP contribution in [-0.2, 0) is 15.0 Å². The Morgan fingerprint density at radius 3 is 2.95 bits per heavy atom. The molecule has 22 heavy (non-hydrogen) atoms. The molecule has 1 fully saturated rings. The fourth-order valence-corrected chi connectivity index (χ4v) is 2.64. The third-order valence-corrected chi connectivity index (χ3v) is 4.10. The van der Waals surface area contributed by atoms with Crippen molar-refractivity contribution in [1.29, 1.82) is 0 Å². The number of benzene rings is 1. The minimum atomic E-state index is -1.04. The van der Waals surface area contributed by atoms with E-state index < -0.39 is 5.54 Å². The number of aliphatic hydroxyl groups is 1. The zero-order chi connectivity index (χ0) is 16.0. The van der Waals surface area contributed by atoms with E-state index in [1.54, 1.807) is 24.5 Å². The summed E-state index contributed by atoms with van der Waals surface area (Å²) in [5, 5.41) is 9.68. The molecule has 5 heteroatoms. The van der Waals surface area contributed by atoms with Gasteiger partial charge in [-0.15, -0.1) is 0 Å². The summed E-state index contributed by atoms with van der Waals surface area (Å²) >= 11 is 0. The Bertz CT molecular complexity index is 520. The van der Waals surface area contributed by atoms with Crippen LogP contribution in [0, 0.1) is 11.7 Å². The standard InChI is InChI=1S/C17H24FNO3/c1-2-3-8-21-11-14-9-13(10-20)17(19,12-22-14)15-6-4-5-7-16(15)18/h4-7,11,13,20H,2-3,8-10,12,19H2,1H3/b14-11-/t13-,17-/m0/s1. The maximum Gasteiger partial charge on any atom is 0.131 e. The molecule has 1 saturated heterocycles. The topological polar surface area (TPSA) is 64.7 Å². The fourth-order valence-electron chi connectivity index (χ4n) is 2.64. The molecule has 0 bridgehead atoms. The van der Waals surface area contributed by atoms with E-state index in [1.807, 2.05) is 0 Å². The predicted molar refractivity (Wildman–Crippen MR) is 82.4 cm³/mol. The maximum atomic E-state index is 14.1. The molecule has 0 amide bonds. The van der Waals surface area contributed by atoms with Gasteiger partial charge in [0.1, 0.15) is 24.4 Å². The van der Waals surface area contributed by atoms with Crippen LogP contribution in [0.3, 0.4) is 0 Å². The van der Waals surface area contributed by atoms with E-state index in [0.29, 0.717) is 24.4 Å². The Hall–Kier alpha value is -1.59. The molecule has 122 valence electrons. The van der Waals surface area contributed by atoms with E-state index in [9.17, 15) is 9.50 Å².